The average Bonchev–Trinajstić information content (AvgIpc) is 3.00. The van der Waals surface area contributed by atoms with E-state index in [-0.39, 0.29) is 17.4 Å². The monoisotopic (exact) mass is 424 g/mol. The van der Waals surface area contributed by atoms with Gasteiger partial charge in [0.1, 0.15) is 11.5 Å². The Kier molecular flexibility index (Phi) is 7.07. The molecule has 164 valence electrons. The molecule has 1 saturated heterocycles. The minimum absolute atomic E-state index is 0.0150. The Balaban J connectivity index is 2.07. The van der Waals surface area contributed by atoms with Gasteiger partial charge < -0.3 is 19.5 Å². The highest BCUT2D eigenvalue weighted by molar-refractivity contribution is 6.46. The van der Waals surface area contributed by atoms with Crippen molar-refractivity contribution in [1.29, 1.82) is 0 Å². The number of pyridine rings is 1. The predicted molar refractivity (Wildman–Crippen MR) is 117 cm³/mol. The Morgan fingerprint density at radius 2 is 2.03 bits per heavy atom. The highest BCUT2D eigenvalue weighted by Crippen LogP contribution is 2.39. The van der Waals surface area contributed by atoms with Gasteiger partial charge in [0, 0.05) is 38.2 Å². The van der Waals surface area contributed by atoms with E-state index in [0.29, 0.717) is 36.4 Å². The van der Waals surface area contributed by atoms with E-state index in [1.54, 1.807) is 49.8 Å². The summed E-state index contributed by atoms with van der Waals surface area (Å²) in [7, 11) is 1.59. The number of aliphatic hydroxyl groups is 1. The van der Waals surface area contributed by atoms with E-state index in [1.807, 2.05) is 20.8 Å². The fourth-order valence-electron chi connectivity index (χ4n) is 3.71. The zero-order chi connectivity index (χ0) is 22.5. The number of amides is 1. The molecule has 1 aromatic heterocycles. The number of ketones is 1. The van der Waals surface area contributed by atoms with Crippen LogP contribution >= 0.6 is 0 Å². The van der Waals surface area contributed by atoms with Crippen molar-refractivity contribution in [1.82, 2.24) is 9.88 Å². The first-order valence-corrected chi connectivity index (χ1v) is 10.3. The summed E-state index contributed by atoms with van der Waals surface area (Å²) in [6, 6.07) is 8.04. The van der Waals surface area contributed by atoms with Gasteiger partial charge in [-0.15, -0.1) is 0 Å². The number of nitrogens with zero attached hydrogens (tertiary/aromatic N) is 2. The number of aliphatic hydroxyl groups excluding tert-OH is 1. The quantitative estimate of drug-likeness (QED) is 0.301. The number of carbonyl (C=O) groups is 2. The van der Waals surface area contributed by atoms with Gasteiger partial charge in [0.2, 0.25) is 0 Å². The van der Waals surface area contributed by atoms with Crippen molar-refractivity contribution in [3.63, 3.8) is 0 Å². The number of carbonyl (C=O) groups excluding carboxylic acids is 2. The van der Waals surface area contributed by atoms with E-state index >= 15 is 0 Å². The topological polar surface area (TPSA) is 89.0 Å². The van der Waals surface area contributed by atoms with E-state index < -0.39 is 17.7 Å². The number of benzene rings is 1. The van der Waals surface area contributed by atoms with Gasteiger partial charge >= 0.3 is 0 Å². The summed E-state index contributed by atoms with van der Waals surface area (Å²) in [6.07, 6.45) is 3.82. The zero-order valence-electron chi connectivity index (χ0n) is 18.3. The third kappa shape index (κ3) is 4.77. The molecule has 0 spiro atoms. The van der Waals surface area contributed by atoms with Crippen LogP contribution < -0.4 is 4.74 Å². The highest BCUT2D eigenvalue weighted by atomic mass is 16.5. The van der Waals surface area contributed by atoms with Gasteiger partial charge in [-0.1, -0.05) is 6.07 Å². The first-order valence-electron chi connectivity index (χ1n) is 10.3. The number of aromatic nitrogens is 1. The van der Waals surface area contributed by atoms with Gasteiger partial charge in [-0.3, -0.25) is 14.6 Å². The molecule has 2 heterocycles. The van der Waals surface area contributed by atoms with Gasteiger partial charge in [0.25, 0.3) is 11.7 Å². The maximum atomic E-state index is 13.0. The molecule has 31 heavy (non-hydrogen) atoms. The van der Waals surface area contributed by atoms with Crippen LogP contribution in [0.15, 0.2) is 48.3 Å². The summed E-state index contributed by atoms with van der Waals surface area (Å²) in [5, 5.41) is 11.1. The summed E-state index contributed by atoms with van der Waals surface area (Å²) in [4.78, 5) is 31.4. The molecule has 1 aromatic carbocycles. The van der Waals surface area contributed by atoms with E-state index in [4.69, 9.17) is 9.47 Å². The van der Waals surface area contributed by atoms with Gasteiger partial charge in [0.05, 0.1) is 17.7 Å². The van der Waals surface area contributed by atoms with E-state index in [1.165, 1.54) is 4.90 Å². The number of ether oxygens (including phenoxy) is 2. The Hall–Kier alpha value is -3.19. The molecule has 7 nitrogen and oxygen atoms in total. The Labute approximate surface area is 182 Å². The molecule has 0 bridgehead atoms. The molecule has 1 aliphatic rings. The summed E-state index contributed by atoms with van der Waals surface area (Å²) in [5.41, 5.74) is 2.01. The van der Waals surface area contributed by atoms with Gasteiger partial charge in [-0.2, -0.15) is 0 Å². The molecular weight excluding hydrogens is 396 g/mol. The second kappa shape index (κ2) is 9.75. The van der Waals surface area contributed by atoms with Crippen molar-refractivity contribution in [2.75, 3.05) is 20.3 Å². The summed E-state index contributed by atoms with van der Waals surface area (Å²) < 4.78 is 10.9. The van der Waals surface area contributed by atoms with Crippen molar-refractivity contribution in [2.45, 2.75) is 39.3 Å². The lowest BCUT2D eigenvalue weighted by Gasteiger charge is -2.25. The molecule has 1 fully saturated rings. The molecule has 0 aliphatic carbocycles. The lowest BCUT2D eigenvalue weighted by atomic mass is 9.95. The lowest BCUT2D eigenvalue weighted by molar-refractivity contribution is -0.140. The van der Waals surface area contributed by atoms with Crippen LogP contribution in [0.4, 0.5) is 0 Å². The van der Waals surface area contributed by atoms with Gasteiger partial charge in [0.15, 0.2) is 0 Å². The Morgan fingerprint density at radius 3 is 2.65 bits per heavy atom. The van der Waals surface area contributed by atoms with E-state index in [0.717, 1.165) is 5.56 Å². The van der Waals surface area contributed by atoms with Crippen molar-refractivity contribution in [3.8, 4) is 5.75 Å². The first-order chi connectivity index (χ1) is 14.8. The van der Waals surface area contributed by atoms with Crippen LogP contribution in [0.2, 0.25) is 0 Å². The molecule has 1 N–H and O–H groups in total. The Bertz CT molecular complexity index is 985. The second-order valence-electron chi connectivity index (χ2n) is 7.77. The lowest BCUT2D eigenvalue weighted by Crippen LogP contribution is -2.31. The smallest absolute Gasteiger partial charge is 0.295 e. The van der Waals surface area contributed by atoms with Gasteiger partial charge in [-0.25, -0.2) is 0 Å². The molecule has 0 saturated carbocycles. The van der Waals surface area contributed by atoms with Crippen molar-refractivity contribution in [2.24, 2.45) is 0 Å². The molecule has 2 aromatic rings. The van der Waals surface area contributed by atoms with Gasteiger partial charge in [-0.05, 0) is 62.6 Å². The van der Waals surface area contributed by atoms with Crippen molar-refractivity contribution < 1.29 is 24.2 Å². The van der Waals surface area contributed by atoms with E-state index in [2.05, 4.69) is 4.98 Å². The largest absolute Gasteiger partial charge is 0.507 e. The normalized spacial score (nSPS) is 18.1. The summed E-state index contributed by atoms with van der Waals surface area (Å²) in [6.45, 7) is 6.53. The first kappa shape index (κ1) is 22.5. The fourth-order valence-corrected chi connectivity index (χ4v) is 3.71. The van der Waals surface area contributed by atoms with Crippen LogP contribution in [0.25, 0.3) is 5.76 Å². The highest BCUT2D eigenvalue weighted by Gasteiger charge is 2.45. The van der Waals surface area contributed by atoms with Crippen molar-refractivity contribution >= 4 is 17.4 Å². The number of methoxy groups -OCH3 is 1. The molecule has 0 radical (unpaired) electrons. The van der Waals surface area contributed by atoms with E-state index in [9.17, 15) is 14.7 Å². The van der Waals surface area contributed by atoms with Crippen LogP contribution in [0.3, 0.4) is 0 Å². The van der Waals surface area contributed by atoms with Crippen LogP contribution in [-0.4, -0.2) is 53.0 Å². The third-order valence-corrected chi connectivity index (χ3v) is 5.10. The minimum atomic E-state index is -0.711. The molecule has 3 rings (SSSR count). The van der Waals surface area contributed by atoms with Crippen LogP contribution in [0, 0.1) is 6.92 Å². The molecule has 1 aliphatic heterocycles. The minimum Gasteiger partial charge on any atom is -0.507 e. The maximum absolute atomic E-state index is 13.0. The maximum Gasteiger partial charge on any atom is 0.295 e. The standard InChI is InChI=1S/C24H28N2O5/c1-15(2)31-19-9-8-17(13-16(19)3)22(27)20-21(18-7-5-10-25-14-18)26(11-6-12-30-4)24(29)23(20)28/h5,7-10,13-15,21,27H,6,11-12H2,1-4H3. The molecule has 1 unspecified atom stereocenters. The molecule has 7 heteroatoms. The SMILES string of the molecule is COCCCN1C(=O)C(=O)C(=C(O)c2ccc(OC(C)C)c(C)c2)C1c1cccnc1. The fraction of sp³-hybridized carbons (Fsp3) is 0.375. The number of rotatable bonds is 8. The number of aryl methyl sites for hydroxylation is 1. The number of Topliss-reactive ketones (excluding diaryl/α,β-unsaturated/α-hetero) is 1. The molecule has 1 amide bonds. The predicted octanol–water partition coefficient (Wildman–Crippen LogP) is 3.64. The second-order valence-corrected chi connectivity index (χ2v) is 7.77. The Morgan fingerprint density at radius 1 is 1.26 bits per heavy atom. The number of hydrogen-bond donors (Lipinski definition) is 1. The van der Waals surface area contributed by atoms with Crippen LogP contribution in [-0.2, 0) is 14.3 Å². The van der Waals surface area contributed by atoms with Crippen LogP contribution in [0.5, 0.6) is 5.75 Å². The third-order valence-electron chi connectivity index (χ3n) is 5.10. The molecular formula is C24H28N2O5. The van der Waals surface area contributed by atoms with Crippen molar-refractivity contribution in [3.05, 3.63) is 65.0 Å². The number of likely N-dealkylation sites (tertiary alicyclic amines) is 1. The summed E-state index contributed by atoms with van der Waals surface area (Å²) >= 11 is 0. The van der Waals surface area contributed by atoms with Crippen LogP contribution in [0.1, 0.15) is 43.0 Å². The zero-order valence-corrected chi connectivity index (χ0v) is 18.3. The average molecular weight is 424 g/mol. The molecule has 1 atom stereocenters. The number of hydrogen-bond acceptors (Lipinski definition) is 6. The summed E-state index contributed by atoms with van der Waals surface area (Å²) in [5.74, 6) is -0.845.